The first-order valence-electron chi connectivity index (χ1n) is 13.9. The number of nitrogens with one attached hydrogen (secondary N) is 2. The number of rotatable bonds is 6. The molecule has 1 fully saturated rings. The van der Waals surface area contributed by atoms with Gasteiger partial charge >= 0.3 is 0 Å². The van der Waals surface area contributed by atoms with Crippen molar-refractivity contribution < 1.29 is 4.79 Å². The van der Waals surface area contributed by atoms with E-state index >= 15 is 0 Å². The lowest BCUT2D eigenvalue weighted by molar-refractivity contribution is 0.102. The van der Waals surface area contributed by atoms with Gasteiger partial charge in [0.1, 0.15) is 26.9 Å². The van der Waals surface area contributed by atoms with Gasteiger partial charge in [-0.1, -0.05) is 53.8 Å². The summed E-state index contributed by atoms with van der Waals surface area (Å²) < 4.78 is 0. The summed E-state index contributed by atoms with van der Waals surface area (Å²) in [4.78, 5) is 35.7. The topological polar surface area (TPSA) is 95.9 Å². The van der Waals surface area contributed by atoms with Crippen LogP contribution < -0.4 is 10.6 Å². The molecule has 208 valence electrons. The summed E-state index contributed by atoms with van der Waals surface area (Å²) >= 11 is 1.50. The summed E-state index contributed by atoms with van der Waals surface area (Å²) in [7, 11) is 0. The van der Waals surface area contributed by atoms with Gasteiger partial charge in [0.2, 0.25) is 0 Å². The lowest BCUT2D eigenvalue weighted by atomic mass is 9.98. The molecular formula is C32H33N7OS. The van der Waals surface area contributed by atoms with Crippen LogP contribution in [0.25, 0.3) is 32.3 Å². The molecule has 0 bridgehead atoms. The van der Waals surface area contributed by atoms with Crippen LogP contribution in [0, 0.1) is 0 Å². The average Bonchev–Trinajstić information content (AvgIpc) is 3.42. The van der Waals surface area contributed by atoms with Crippen molar-refractivity contribution in [1.29, 1.82) is 0 Å². The molecule has 2 N–H and O–H groups in total. The van der Waals surface area contributed by atoms with Crippen molar-refractivity contribution in [1.82, 2.24) is 24.8 Å². The minimum Gasteiger partial charge on any atom is -0.367 e. The number of para-hydroxylation sites is 1. The van der Waals surface area contributed by atoms with E-state index in [9.17, 15) is 4.79 Å². The molecule has 1 aliphatic rings. The van der Waals surface area contributed by atoms with Gasteiger partial charge in [0.05, 0.1) is 5.69 Å². The van der Waals surface area contributed by atoms with Crippen molar-refractivity contribution in [2.45, 2.75) is 45.2 Å². The molecule has 8 nitrogen and oxygen atoms in total. The van der Waals surface area contributed by atoms with E-state index in [1.54, 1.807) is 12.3 Å². The first kappa shape index (κ1) is 27.0. The third-order valence-electron chi connectivity index (χ3n) is 7.36. The smallest absolute Gasteiger partial charge is 0.274 e. The van der Waals surface area contributed by atoms with Gasteiger partial charge in [0.15, 0.2) is 5.82 Å². The lowest BCUT2D eigenvalue weighted by Gasteiger charge is -2.41. The number of aromatic nitrogens is 4. The third-order valence-corrected chi connectivity index (χ3v) is 8.37. The Balaban J connectivity index is 1.28. The number of carbonyl (C=O) groups is 1. The number of fused-ring (bicyclic) bond motifs is 1. The number of nitrogens with zero attached hydrogens (tertiary/aromatic N) is 5. The van der Waals surface area contributed by atoms with Crippen molar-refractivity contribution in [2.24, 2.45) is 0 Å². The number of pyridine rings is 1. The van der Waals surface area contributed by atoms with Crippen molar-refractivity contribution >= 4 is 39.1 Å². The van der Waals surface area contributed by atoms with Gasteiger partial charge < -0.3 is 10.6 Å². The Hall–Kier alpha value is -4.21. The number of piperidine rings is 1. The number of hydrogen-bond donors (Lipinski definition) is 2. The number of thiazole rings is 1. The zero-order valence-electron chi connectivity index (χ0n) is 23.5. The summed E-state index contributed by atoms with van der Waals surface area (Å²) in [5.74, 6) is 0.865. The van der Waals surface area contributed by atoms with Crippen molar-refractivity contribution in [3.05, 3.63) is 84.7 Å². The van der Waals surface area contributed by atoms with Gasteiger partial charge in [-0.25, -0.2) is 19.9 Å². The molecule has 0 unspecified atom stereocenters. The molecule has 0 atom stereocenters. The van der Waals surface area contributed by atoms with Crippen molar-refractivity contribution in [2.75, 3.05) is 23.7 Å². The van der Waals surface area contributed by atoms with Crippen LogP contribution in [-0.4, -0.2) is 55.4 Å². The highest BCUT2D eigenvalue weighted by atomic mass is 32.1. The Labute approximate surface area is 243 Å². The van der Waals surface area contributed by atoms with E-state index in [-0.39, 0.29) is 17.5 Å². The molecule has 41 heavy (non-hydrogen) atoms. The van der Waals surface area contributed by atoms with Crippen LogP contribution in [0.2, 0.25) is 0 Å². The molecule has 4 heterocycles. The fourth-order valence-corrected chi connectivity index (χ4v) is 6.05. The second-order valence-electron chi connectivity index (χ2n) is 11.3. The van der Waals surface area contributed by atoms with E-state index in [1.165, 1.54) is 11.3 Å². The van der Waals surface area contributed by atoms with Crippen LogP contribution in [-0.2, 0) is 0 Å². The number of hydrogen-bond acceptors (Lipinski definition) is 8. The molecule has 0 aliphatic carbocycles. The molecule has 2 aromatic carbocycles. The van der Waals surface area contributed by atoms with E-state index in [1.807, 2.05) is 66.7 Å². The van der Waals surface area contributed by atoms with Gasteiger partial charge in [-0.15, -0.1) is 0 Å². The highest BCUT2D eigenvalue weighted by molar-refractivity contribution is 7.21. The minimum absolute atomic E-state index is 0.157. The Bertz CT molecular complexity index is 1640. The quantitative estimate of drug-likeness (QED) is 0.236. The Morgan fingerprint density at radius 1 is 0.927 bits per heavy atom. The molecule has 6 rings (SSSR count). The minimum atomic E-state index is -0.304. The molecule has 5 aromatic rings. The van der Waals surface area contributed by atoms with Gasteiger partial charge in [0, 0.05) is 48.1 Å². The van der Waals surface area contributed by atoms with E-state index < -0.39 is 0 Å². The molecule has 1 aliphatic heterocycles. The first-order chi connectivity index (χ1) is 19.8. The van der Waals surface area contributed by atoms with E-state index in [2.05, 4.69) is 46.3 Å². The standard InChI is InChI=1S/C32H33N7OS/c1-32(2,3)39-18-15-22(16-19-39)34-27-20-26(35-28(38-27)21-10-5-4-6-11-21)29(40)36-24-13-8-7-12-23(24)30-37-25-14-9-17-33-31(25)41-30/h4-14,17,20,22H,15-16,18-19H2,1-3H3,(H,36,40)(H,34,35,38). The lowest BCUT2D eigenvalue weighted by Crippen LogP contribution is -2.48. The van der Waals surface area contributed by atoms with Crippen LogP contribution in [0.4, 0.5) is 11.5 Å². The summed E-state index contributed by atoms with van der Waals surface area (Å²) in [6, 6.07) is 23.3. The predicted octanol–water partition coefficient (Wildman–Crippen LogP) is 6.74. The zero-order valence-corrected chi connectivity index (χ0v) is 24.3. The Kier molecular flexibility index (Phi) is 7.47. The number of anilines is 2. The second kappa shape index (κ2) is 11.3. The maximum absolute atomic E-state index is 13.7. The van der Waals surface area contributed by atoms with Gasteiger partial charge in [-0.05, 0) is 57.9 Å². The number of carbonyl (C=O) groups excluding carboxylic acids is 1. The van der Waals surface area contributed by atoms with Gasteiger partial charge in [-0.3, -0.25) is 9.69 Å². The van der Waals surface area contributed by atoms with Crippen LogP contribution in [0.5, 0.6) is 0 Å². The molecule has 9 heteroatoms. The third kappa shape index (κ3) is 6.11. The summed E-state index contributed by atoms with van der Waals surface area (Å²) in [6.45, 7) is 8.81. The van der Waals surface area contributed by atoms with Crippen molar-refractivity contribution in [3.63, 3.8) is 0 Å². The predicted molar refractivity (Wildman–Crippen MR) is 166 cm³/mol. The van der Waals surface area contributed by atoms with Crippen molar-refractivity contribution in [3.8, 4) is 22.0 Å². The Morgan fingerprint density at radius 2 is 1.68 bits per heavy atom. The highest BCUT2D eigenvalue weighted by Crippen LogP contribution is 2.34. The second-order valence-corrected chi connectivity index (χ2v) is 12.2. The molecule has 1 amide bonds. The summed E-state index contributed by atoms with van der Waals surface area (Å²) in [6.07, 6.45) is 3.78. The SMILES string of the molecule is CC(C)(C)N1CCC(Nc2cc(C(=O)Nc3ccccc3-c3nc4cccnc4s3)nc(-c3ccccc3)n2)CC1. The Morgan fingerprint density at radius 3 is 2.44 bits per heavy atom. The zero-order chi connectivity index (χ0) is 28.4. The van der Waals surface area contributed by atoms with E-state index in [0.29, 0.717) is 23.0 Å². The number of likely N-dealkylation sites (tertiary alicyclic amines) is 1. The summed E-state index contributed by atoms with van der Waals surface area (Å²) in [5, 5.41) is 7.48. The molecule has 1 saturated heterocycles. The molecular weight excluding hydrogens is 530 g/mol. The van der Waals surface area contributed by atoms with E-state index in [4.69, 9.17) is 9.97 Å². The fourth-order valence-electron chi connectivity index (χ4n) is 5.11. The number of amides is 1. The molecule has 0 spiro atoms. The van der Waals surface area contributed by atoms with Crippen LogP contribution in [0.15, 0.2) is 79.0 Å². The normalized spacial score (nSPS) is 14.7. The van der Waals surface area contributed by atoms with Gasteiger partial charge in [-0.2, -0.15) is 0 Å². The van der Waals surface area contributed by atoms with Crippen LogP contribution in [0.1, 0.15) is 44.1 Å². The molecule has 0 saturated carbocycles. The summed E-state index contributed by atoms with van der Waals surface area (Å²) in [5.41, 5.74) is 3.65. The first-order valence-corrected chi connectivity index (χ1v) is 14.7. The maximum Gasteiger partial charge on any atom is 0.274 e. The average molecular weight is 564 g/mol. The fraction of sp³-hybridized carbons (Fsp3) is 0.281. The van der Waals surface area contributed by atoms with E-state index in [0.717, 1.165) is 52.4 Å². The van der Waals surface area contributed by atoms with Gasteiger partial charge in [0.25, 0.3) is 5.91 Å². The van der Waals surface area contributed by atoms with Crippen LogP contribution in [0.3, 0.4) is 0 Å². The maximum atomic E-state index is 13.7. The highest BCUT2D eigenvalue weighted by Gasteiger charge is 2.27. The van der Waals surface area contributed by atoms with Crippen LogP contribution >= 0.6 is 11.3 Å². The molecule has 0 radical (unpaired) electrons. The molecule has 3 aromatic heterocycles. The number of benzene rings is 2. The largest absolute Gasteiger partial charge is 0.367 e. The monoisotopic (exact) mass is 563 g/mol.